The van der Waals surface area contributed by atoms with E-state index in [4.69, 9.17) is 10.2 Å². The summed E-state index contributed by atoms with van der Waals surface area (Å²) in [6, 6.07) is 9.66. The molecule has 1 aromatic rings. The molecule has 2 N–H and O–H groups in total. The fourth-order valence-corrected chi connectivity index (χ4v) is 1.94. The van der Waals surface area contributed by atoms with E-state index in [1.165, 1.54) is 12.2 Å². The third-order valence-electron chi connectivity index (χ3n) is 3.25. The van der Waals surface area contributed by atoms with Crippen molar-refractivity contribution < 1.29 is 19.8 Å². The minimum Gasteiger partial charge on any atom is -0.480 e. The fraction of sp³-hybridized carbons (Fsp3) is 0.125. The first kappa shape index (κ1) is 13.8. The Kier molecular flexibility index (Phi) is 3.84. The van der Waals surface area contributed by atoms with Crippen LogP contribution in [0.1, 0.15) is 12.0 Å². The second kappa shape index (κ2) is 5.57. The molecule has 0 bridgehead atoms. The third kappa shape index (κ3) is 2.69. The van der Waals surface area contributed by atoms with Crippen LogP contribution in [0.25, 0.3) is 6.08 Å². The number of rotatable bonds is 4. The van der Waals surface area contributed by atoms with Crippen LogP contribution in [0.15, 0.2) is 60.2 Å². The van der Waals surface area contributed by atoms with Gasteiger partial charge in [-0.2, -0.15) is 0 Å². The molecule has 0 saturated heterocycles. The van der Waals surface area contributed by atoms with Gasteiger partial charge >= 0.3 is 11.9 Å². The van der Waals surface area contributed by atoms with Gasteiger partial charge in [0.2, 0.25) is 0 Å². The molecule has 102 valence electrons. The molecule has 0 aromatic heterocycles. The smallest absolute Gasteiger partial charge is 0.325 e. The highest BCUT2D eigenvalue weighted by Crippen LogP contribution is 2.31. The van der Waals surface area contributed by atoms with Gasteiger partial charge in [0.1, 0.15) is 0 Å². The van der Waals surface area contributed by atoms with E-state index in [9.17, 15) is 9.59 Å². The summed E-state index contributed by atoms with van der Waals surface area (Å²) < 4.78 is 0. The molecule has 4 heteroatoms. The quantitative estimate of drug-likeness (QED) is 0.825. The van der Waals surface area contributed by atoms with Gasteiger partial charge in [0.05, 0.1) is 0 Å². The Balaban J connectivity index is 2.15. The zero-order valence-electron chi connectivity index (χ0n) is 10.7. The van der Waals surface area contributed by atoms with Gasteiger partial charge in [-0.15, -0.1) is 0 Å². The van der Waals surface area contributed by atoms with Gasteiger partial charge in [-0.1, -0.05) is 60.7 Å². The van der Waals surface area contributed by atoms with Crippen molar-refractivity contribution in [2.24, 2.45) is 5.41 Å². The molecule has 0 fully saturated rings. The van der Waals surface area contributed by atoms with Crippen molar-refractivity contribution in [1.82, 2.24) is 0 Å². The van der Waals surface area contributed by atoms with E-state index in [1.807, 2.05) is 42.5 Å². The second-order valence-corrected chi connectivity index (χ2v) is 4.57. The summed E-state index contributed by atoms with van der Waals surface area (Å²) >= 11 is 0. The monoisotopic (exact) mass is 270 g/mol. The van der Waals surface area contributed by atoms with E-state index in [1.54, 1.807) is 6.08 Å². The Morgan fingerprint density at radius 3 is 2.20 bits per heavy atom. The Hall–Kier alpha value is -2.62. The number of aliphatic carboxylic acids is 2. The topological polar surface area (TPSA) is 74.6 Å². The first-order valence-corrected chi connectivity index (χ1v) is 6.14. The number of carboxylic acid groups (broad SMARTS) is 2. The van der Waals surface area contributed by atoms with Crippen LogP contribution in [0, 0.1) is 5.41 Å². The Labute approximate surface area is 116 Å². The molecule has 1 aliphatic carbocycles. The van der Waals surface area contributed by atoms with Gasteiger partial charge in [-0.25, -0.2) is 0 Å². The van der Waals surface area contributed by atoms with Gasteiger partial charge in [-0.05, 0) is 17.6 Å². The highest BCUT2D eigenvalue weighted by Gasteiger charge is 2.44. The first-order valence-electron chi connectivity index (χ1n) is 6.14. The summed E-state index contributed by atoms with van der Waals surface area (Å²) in [5.41, 5.74) is -0.0218. The lowest BCUT2D eigenvalue weighted by Gasteiger charge is -2.22. The van der Waals surface area contributed by atoms with Crippen LogP contribution >= 0.6 is 0 Å². The van der Waals surface area contributed by atoms with E-state index in [-0.39, 0.29) is 6.42 Å². The molecule has 4 nitrogen and oxygen atoms in total. The lowest BCUT2D eigenvalue weighted by Crippen LogP contribution is -2.38. The zero-order chi connectivity index (χ0) is 14.6. The molecule has 1 aliphatic rings. The molecule has 20 heavy (non-hydrogen) atoms. The van der Waals surface area contributed by atoms with Crippen molar-refractivity contribution in [1.29, 1.82) is 0 Å². The van der Waals surface area contributed by atoms with Crippen molar-refractivity contribution in [2.45, 2.75) is 6.42 Å². The lowest BCUT2D eigenvalue weighted by molar-refractivity contribution is -0.160. The average Bonchev–Trinajstić information content (AvgIpc) is 2.46. The predicted molar refractivity (Wildman–Crippen MR) is 75.0 cm³/mol. The van der Waals surface area contributed by atoms with Crippen molar-refractivity contribution in [3.63, 3.8) is 0 Å². The maximum Gasteiger partial charge on any atom is 0.325 e. The standard InChI is InChI=1S/C16H14O4/c17-14(18)16(15(19)20)10-8-13(9-11-16)7-6-12-4-2-1-3-5-12/h1-10H,11H2,(H,17,18)(H,19,20)/b7-6-. The van der Waals surface area contributed by atoms with E-state index in [2.05, 4.69) is 0 Å². The molecule has 0 amide bonds. The number of carbonyl (C=O) groups is 2. The normalized spacial score (nSPS) is 16.9. The van der Waals surface area contributed by atoms with Gasteiger partial charge in [0, 0.05) is 0 Å². The number of hydrogen-bond acceptors (Lipinski definition) is 2. The highest BCUT2D eigenvalue weighted by molar-refractivity contribution is 6.01. The number of benzene rings is 1. The van der Waals surface area contributed by atoms with Crippen LogP contribution < -0.4 is 0 Å². The summed E-state index contributed by atoms with van der Waals surface area (Å²) in [7, 11) is 0. The van der Waals surface area contributed by atoms with Crippen LogP contribution in [0.4, 0.5) is 0 Å². The molecule has 0 unspecified atom stereocenters. The summed E-state index contributed by atoms with van der Waals surface area (Å²) in [6.45, 7) is 0. The third-order valence-corrected chi connectivity index (χ3v) is 3.25. The van der Waals surface area contributed by atoms with E-state index in [0.717, 1.165) is 11.1 Å². The maximum absolute atomic E-state index is 11.1. The Morgan fingerprint density at radius 2 is 1.70 bits per heavy atom. The average molecular weight is 270 g/mol. The van der Waals surface area contributed by atoms with E-state index in [0.29, 0.717) is 0 Å². The van der Waals surface area contributed by atoms with Crippen LogP contribution in [0.3, 0.4) is 0 Å². The largest absolute Gasteiger partial charge is 0.480 e. The van der Waals surface area contributed by atoms with E-state index >= 15 is 0 Å². The minimum atomic E-state index is -1.84. The van der Waals surface area contributed by atoms with Gasteiger partial charge in [-0.3, -0.25) is 9.59 Å². The van der Waals surface area contributed by atoms with Crippen molar-refractivity contribution in [2.75, 3.05) is 0 Å². The predicted octanol–water partition coefficient (Wildman–Crippen LogP) is 2.74. The molecule has 1 aromatic carbocycles. The molecule has 0 atom stereocenters. The molecular weight excluding hydrogens is 256 g/mol. The van der Waals surface area contributed by atoms with Crippen molar-refractivity contribution in [3.8, 4) is 0 Å². The minimum absolute atomic E-state index is 0.0529. The van der Waals surface area contributed by atoms with Crippen molar-refractivity contribution in [3.05, 3.63) is 65.8 Å². The summed E-state index contributed by atoms with van der Waals surface area (Å²) in [6.07, 6.45) is 8.07. The van der Waals surface area contributed by atoms with Gasteiger partial charge in [0.15, 0.2) is 5.41 Å². The van der Waals surface area contributed by atoms with E-state index < -0.39 is 17.4 Å². The summed E-state index contributed by atoms with van der Waals surface area (Å²) in [5, 5.41) is 18.1. The highest BCUT2D eigenvalue weighted by atomic mass is 16.4. The first-order chi connectivity index (χ1) is 9.54. The SMILES string of the molecule is O=C(O)C1(C(=O)O)C=CC(/C=C\c2ccccc2)=CC1. The van der Waals surface area contributed by atoms with Gasteiger partial charge < -0.3 is 10.2 Å². The van der Waals surface area contributed by atoms with Crippen LogP contribution in [-0.2, 0) is 9.59 Å². The number of hydrogen-bond donors (Lipinski definition) is 2. The van der Waals surface area contributed by atoms with Crippen molar-refractivity contribution >= 4 is 18.0 Å². The molecule has 0 saturated carbocycles. The van der Waals surface area contributed by atoms with Crippen LogP contribution in [0.5, 0.6) is 0 Å². The molecule has 0 radical (unpaired) electrons. The zero-order valence-corrected chi connectivity index (χ0v) is 10.7. The summed E-state index contributed by atoms with van der Waals surface area (Å²) in [4.78, 5) is 22.2. The molecule has 0 heterocycles. The Morgan fingerprint density at radius 1 is 1.05 bits per heavy atom. The number of allylic oxidation sites excluding steroid dienone is 4. The fourth-order valence-electron chi connectivity index (χ4n) is 1.94. The van der Waals surface area contributed by atoms with Crippen LogP contribution in [0.2, 0.25) is 0 Å². The molecule has 2 rings (SSSR count). The second-order valence-electron chi connectivity index (χ2n) is 4.57. The summed E-state index contributed by atoms with van der Waals surface area (Å²) in [5.74, 6) is -2.69. The molecule has 0 spiro atoms. The molecule has 0 aliphatic heterocycles. The Bertz CT molecular complexity index is 595. The number of carboxylic acids is 2. The maximum atomic E-state index is 11.1. The van der Waals surface area contributed by atoms with Gasteiger partial charge in [0.25, 0.3) is 0 Å². The molecular formula is C16H14O4. The lowest BCUT2D eigenvalue weighted by atomic mass is 9.80. The van der Waals surface area contributed by atoms with Crippen LogP contribution in [-0.4, -0.2) is 22.2 Å².